The quantitative estimate of drug-likeness (QED) is 0.592. The number of rotatable bonds is 7. The van der Waals surface area contributed by atoms with Gasteiger partial charge < -0.3 is 10.1 Å². The average Bonchev–Trinajstić information content (AvgIpc) is 2.49. The van der Waals surface area contributed by atoms with Crippen molar-refractivity contribution in [2.75, 3.05) is 13.2 Å². The van der Waals surface area contributed by atoms with E-state index in [4.69, 9.17) is 11.2 Å². The summed E-state index contributed by atoms with van der Waals surface area (Å²) in [5.74, 6) is 2.17. The molecule has 0 aliphatic carbocycles. The smallest absolute Gasteiger partial charge is 0.319 e. The van der Waals surface area contributed by atoms with Crippen LogP contribution in [0.5, 0.6) is 0 Å². The van der Waals surface area contributed by atoms with E-state index in [1.165, 1.54) is 11.8 Å². The molecule has 0 heterocycles. The molecule has 112 valence electrons. The first-order valence-electron chi connectivity index (χ1n) is 6.25. The van der Waals surface area contributed by atoms with Gasteiger partial charge in [0.05, 0.1) is 11.8 Å². The number of carbonyl (C=O) groups is 2. The number of carbonyl (C=O) groups excluding carboxylic acids is 2. The molecule has 1 rings (SSSR count). The number of hydrogen-bond acceptors (Lipinski definition) is 4. The predicted octanol–water partition coefficient (Wildman–Crippen LogP) is 2.36. The number of amides is 1. The molecule has 0 aromatic heterocycles. The van der Waals surface area contributed by atoms with Crippen molar-refractivity contribution in [1.82, 2.24) is 5.32 Å². The van der Waals surface area contributed by atoms with Crippen LogP contribution in [0.4, 0.5) is 0 Å². The molecule has 0 saturated carbocycles. The summed E-state index contributed by atoms with van der Waals surface area (Å²) in [4.78, 5) is 23.0. The molecule has 4 nitrogen and oxygen atoms in total. The highest BCUT2D eigenvalue weighted by atomic mass is 79.9. The Kier molecular flexibility index (Phi) is 7.95. The molecular weight excluding hydrogens is 354 g/mol. The van der Waals surface area contributed by atoms with Crippen molar-refractivity contribution in [2.24, 2.45) is 0 Å². The number of nitrogens with one attached hydrogen (secondary N) is 1. The molecule has 0 unspecified atom stereocenters. The molecular formula is C15H16BrNO3S. The van der Waals surface area contributed by atoms with E-state index in [1.807, 2.05) is 24.3 Å². The van der Waals surface area contributed by atoms with Crippen LogP contribution in [0.3, 0.4) is 0 Å². The van der Waals surface area contributed by atoms with Crippen molar-refractivity contribution in [2.45, 2.75) is 17.9 Å². The van der Waals surface area contributed by atoms with E-state index in [9.17, 15) is 9.59 Å². The Balaban J connectivity index is 2.29. The van der Waals surface area contributed by atoms with Gasteiger partial charge in [-0.25, -0.2) is 0 Å². The highest BCUT2D eigenvalue weighted by Gasteiger charge is 2.16. The first-order chi connectivity index (χ1) is 10.0. The fourth-order valence-electron chi connectivity index (χ4n) is 1.32. The zero-order valence-electron chi connectivity index (χ0n) is 11.6. The van der Waals surface area contributed by atoms with Crippen LogP contribution in [-0.4, -0.2) is 30.3 Å². The summed E-state index contributed by atoms with van der Waals surface area (Å²) >= 11 is 4.83. The van der Waals surface area contributed by atoms with E-state index in [2.05, 4.69) is 27.2 Å². The maximum absolute atomic E-state index is 11.7. The molecule has 0 spiro atoms. The van der Waals surface area contributed by atoms with Gasteiger partial charge in [-0.3, -0.25) is 9.59 Å². The molecule has 0 radical (unpaired) electrons. The maximum atomic E-state index is 11.7. The van der Waals surface area contributed by atoms with Gasteiger partial charge in [-0.1, -0.05) is 34.0 Å². The Morgan fingerprint density at radius 2 is 2.10 bits per heavy atom. The van der Waals surface area contributed by atoms with Gasteiger partial charge in [0.1, 0.15) is 0 Å². The largest absolute Gasteiger partial charge is 0.455 e. The summed E-state index contributed by atoms with van der Waals surface area (Å²) < 4.78 is 5.94. The monoisotopic (exact) mass is 369 g/mol. The van der Waals surface area contributed by atoms with Crippen molar-refractivity contribution in [3.05, 3.63) is 34.3 Å². The zero-order valence-corrected chi connectivity index (χ0v) is 14.0. The second kappa shape index (κ2) is 9.48. The molecule has 6 heteroatoms. The van der Waals surface area contributed by atoms with Crippen LogP contribution in [0.1, 0.15) is 12.5 Å². The number of esters is 1. The minimum absolute atomic E-state index is 0.129. The molecule has 1 aromatic rings. The third kappa shape index (κ3) is 7.21. The molecule has 0 fully saturated rings. The molecule has 0 aliphatic rings. The molecule has 1 atom stereocenters. The highest BCUT2D eigenvalue weighted by molar-refractivity contribution is 9.10. The first kappa shape index (κ1) is 17.6. The molecule has 1 aromatic carbocycles. The van der Waals surface area contributed by atoms with Crippen LogP contribution in [0, 0.1) is 12.3 Å². The Morgan fingerprint density at radius 3 is 2.71 bits per heavy atom. The summed E-state index contributed by atoms with van der Waals surface area (Å²) in [6, 6.07) is 7.88. The van der Waals surface area contributed by atoms with Gasteiger partial charge in [0.2, 0.25) is 0 Å². The Hall–Kier alpha value is -1.45. The Labute approximate surface area is 137 Å². The number of terminal acetylenes is 1. The van der Waals surface area contributed by atoms with E-state index in [0.29, 0.717) is 5.75 Å². The third-order valence-corrected chi connectivity index (χ3v) is 4.20. The van der Waals surface area contributed by atoms with Crippen molar-refractivity contribution in [1.29, 1.82) is 0 Å². The van der Waals surface area contributed by atoms with E-state index in [-0.39, 0.29) is 18.4 Å². The lowest BCUT2D eigenvalue weighted by atomic mass is 10.2. The lowest BCUT2D eigenvalue weighted by Gasteiger charge is -2.11. The van der Waals surface area contributed by atoms with E-state index in [0.717, 1.165) is 10.0 Å². The lowest BCUT2D eigenvalue weighted by molar-refractivity contribution is -0.147. The van der Waals surface area contributed by atoms with E-state index >= 15 is 0 Å². The van der Waals surface area contributed by atoms with Gasteiger partial charge in [0, 0.05) is 10.2 Å². The fourth-order valence-corrected chi connectivity index (χ4v) is 2.43. The number of halogens is 1. The fraction of sp³-hybridized carbons (Fsp3) is 0.333. The normalized spacial score (nSPS) is 11.3. The molecule has 1 amide bonds. The zero-order chi connectivity index (χ0) is 15.7. The van der Waals surface area contributed by atoms with Gasteiger partial charge in [-0.05, 0) is 24.6 Å². The Bertz CT molecular complexity index is 525. The lowest BCUT2D eigenvalue weighted by Crippen LogP contribution is -2.30. The first-order valence-corrected chi connectivity index (χ1v) is 8.10. The average molecular weight is 370 g/mol. The Morgan fingerprint density at radius 1 is 1.43 bits per heavy atom. The van der Waals surface area contributed by atoms with Crippen molar-refractivity contribution in [3.63, 3.8) is 0 Å². The minimum atomic E-state index is -0.409. The number of benzene rings is 1. The predicted molar refractivity (Wildman–Crippen MR) is 87.7 cm³/mol. The molecule has 0 saturated heterocycles. The molecule has 1 N–H and O–H groups in total. The maximum Gasteiger partial charge on any atom is 0.319 e. The summed E-state index contributed by atoms with van der Waals surface area (Å²) in [5, 5.41) is 2.09. The summed E-state index contributed by atoms with van der Waals surface area (Å²) in [5.41, 5.74) is 1.12. The molecule has 0 aliphatic heterocycles. The van der Waals surface area contributed by atoms with Crippen LogP contribution < -0.4 is 5.32 Å². The van der Waals surface area contributed by atoms with Crippen LogP contribution in [0.15, 0.2) is 28.7 Å². The number of ether oxygens (including phenoxy) is 1. The second-order valence-corrected chi connectivity index (χ2v) is 6.41. The van der Waals surface area contributed by atoms with E-state index in [1.54, 1.807) is 6.92 Å². The van der Waals surface area contributed by atoms with Crippen molar-refractivity contribution < 1.29 is 14.3 Å². The number of hydrogen-bond donors (Lipinski definition) is 1. The van der Waals surface area contributed by atoms with Gasteiger partial charge in [-0.2, -0.15) is 0 Å². The summed E-state index contributed by atoms with van der Waals surface area (Å²) in [7, 11) is 0. The van der Waals surface area contributed by atoms with Gasteiger partial charge >= 0.3 is 5.97 Å². The number of thioether (sulfide) groups is 1. The van der Waals surface area contributed by atoms with Gasteiger partial charge in [-0.15, -0.1) is 18.2 Å². The third-order valence-electron chi connectivity index (χ3n) is 2.48. The topological polar surface area (TPSA) is 55.4 Å². The standard InChI is InChI=1S/C15H16BrNO3S/c1-3-8-17-14(18)9-20-15(19)11(2)21-10-12-4-6-13(16)7-5-12/h1,4-7,11H,8-10H2,2H3,(H,17,18)/t11-/m1/s1. The van der Waals surface area contributed by atoms with Crippen molar-refractivity contribution >= 4 is 39.6 Å². The van der Waals surface area contributed by atoms with Crippen LogP contribution in [0.25, 0.3) is 0 Å². The SMILES string of the molecule is C#CCNC(=O)COC(=O)[C@@H](C)SCc1ccc(Br)cc1. The molecule has 21 heavy (non-hydrogen) atoms. The highest BCUT2D eigenvalue weighted by Crippen LogP contribution is 2.20. The van der Waals surface area contributed by atoms with Crippen molar-refractivity contribution in [3.8, 4) is 12.3 Å². The van der Waals surface area contributed by atoms with Gasteiger partial charge in [0.15, 0.2) is 6.61 Å². The van der Waals surface area contributed by atoms with Crippen LogP contribution in [-0.2, 0) is 20.1 Å². The second-order valence-electron chi connectivity index (χ2n) is 4.17. The van der Waals surface area contributed by atoms with Gasteiger partial charge in [0.25, 0.3) is 5.91 Å². The molecule has 0 bridgehead atoms. The van der Waals surface area contributed by atoms with Crippen LogP contribution in [0.2, 0.25) is 0 Å². The summed E-state index contributed by atoms with van der Waals surface area (Å²) in [6.45, 7) is 1.58. The van der Waals surface area contributed by atoms with E-state index < -0.39 is 11.9 Å². The van der Waals surface area contributed by atoms with Crippen LogP contribution >= 0.6 is 27.7 Å². The minimum Gasteiger partial charge on any atom is -0.455 e. The summed E-state index contributed by atoms with van der Waals surface area (Å²) in [6.07, 6.45) is 5.01.